The van der Waals surface area contributed by atoms with Crippen molar-refractivity contribution in [1.29, 1.82) is 0 Å². The first kappa shape index (κ1) is 17.9. The summed E-state index contributed by atoms with van der Waals surface area (Å²) >= 11 is 1.58. The van der Waals surface area contributed by atoms with E-state index >= 15 is 0 Å². The van der Waals surface area contributed by atoms with Crippen LogP contribution in [0.5, 0.6) is 0 Å². The fourth-order valence-corrected chi connectivity index (χ4v) is 5.07. The van der Waals surface area contributed by atoms with Crippen LogP contribution in [0.1, 0.15) is 23.6 Å². The molecular formula is C22H18O3S2. The molecule has 3 aromatic rings. The minimum Gasteiger partial charge on any atom is -0.293 e. The van der Waals surface area contributed by atoms with Crippen molar-refractivity contribution in [3.8, 4) is 0 Å². The lowest BCUT2D eigenvalue weighted by molar-refractivity contribution is -0.117. The summed E-state index contributed by atoms with van der Waals surface area (Å²) in [6.45, 7) is 1.97. The predicted octanol–water partition coefficient (Wildman–Crippen LogP) is 4.60. The van der Waals surface area contributed by atoms with E-state index in [4.69, 9.17) is 0 Å². The maximum absolute atomic E-state index is 13.3. The fourth-order valence-electron chi connectivity index (χ4n) is 3.67. The van der Waals surface area contributed by atoms with Crippen LogP contribution in [0.25, 0.3) is 11.1 Å². The highest BCUT2D eigenvalue weighted by Gasteiger charge is 2.52. The van der Waals surface area contributed by atoms with E-state index in [9.17, 15) is 13.2 Å². The summed E-state index contributed by atoms with van der Waals surface area (Å²) in [7, 11) is -3.27. The van der Waals surface area contributed by atoms with Gasteiger partial charge >= 0.3 is 0 Å². The van der Waals surface area contributed by atoms with Gasteiger partial charge < -0.3 is 0 Å². The summed E-state index contributed by atoms with van der Waals surface area (Å²) in [5.41, 5.74) is 3.71. The van der Waals surface area contributed by atoms with E-state index in [2.05, 4.69) is 0 Å². The number of allylic oxidation sites excluding steroid dienone is 2. The molecule has 0 radical (unpaired) electrons. The van der Waals surface area contributed by atoms with E-state index in [1.807, 2.05) is 54.1 Å². The molecule has 4 rings (SSSR count). The van der Waals surface area contributed by atoms with Gasteiger partial charge in [-0.25, -0.2) is 8.42 Å². The van der Waals surface area contributed by atoms with Gasteiger partial charge in [0, 0.05) is 11.8 Å². The minimum absolute atomic E-state index is 0.0619. The maximum atomic E-state index is 13.3. The highest BCUT2D eigenvalue weighted by atomic mass is 32.2. The van der Waals surface area contributed by atoms with Crippen LogP contribution >= 0.6 is 11.3 Å². The minimum atomic E-state index is -3.27. The molecule has 0 amide bonds. The molecule has 1 atom stereocenters. The topological polar surface area (TPSA) is 51.2 Å². The van der Waals surface area contributed by atoms with E-state index in [-0.39, 0.29) is 10.7 Å². The lowest BCUT2D eigenvalue weighted by Crippen LogP contribution is -2.43. The Morgan fingerprint density at radius 2 is 1.56 bits per heavy atom. The monoisotopic (exact) mass is 394 g/mol. The summed E-state index contributed by atoms with van der Waals surface area (Å²) in [5, 5.41) is 4.00. The molecule has 0 saturated carbocycles. The smallest absolute Gasteiger partial charge is 0.178 e. The summed E-state index contributed by atoms with van der Waals surface area (Å²) in [6.07, 6.45) is 1.18. The molecule has 136 valence electrons. The van der Waals surface area contributed by atoms with Gasteiger partial charge in [0.1, 0.15) is 0 Å². The Morgan fingerprint density at radius 1 is 0.889 bits per heavy atom. The van der Waals surface area contributed by atoms with Crippen molar-refractivity contribution < 1.29 is 13.2 Å². The number of rotatable bonds is 4. The molecule has 0 aliphatic heterocycles. The van der Waals surface area contributed by atoms with Gasteiger partial charge in [-0.3, -0.25) is 4.79 Å². The fraction of sp³-hybridized carbons (Fsp3) is 0.136. The standard InChI is InChI=1S/C22H18O3S2/c1-22(17-12-13-26-14-17)20(16-6-4-3-5-7-16)19(21(22)23)15-8-10-18(11-9-15)27(2,24)25/h3-14H,1-2H3. The van der Waals surface area contributed by atoms with Gasteiger partial charge in [0.2, 0.25) is 0 Å². The van der Waals surface area contributed by atoms with E-state index in [1.165, 1.54) is 6.26 Å². The number of carbonyl (C=O) groups is 1. The first-order valence-electron chi connectivity index (χ1n) is 8.51. The van der Waals surface area contributed by atoms with Crippen LogP contribution in [-0.4, -0.2) is 20.5 Å². The van der Waals surface area contributed by atoms with Gasteiger partial charge in [-0.05, 0) is 58.1 Å². The number of benzene rings is 2. The average Bonchev–Trinajstić information content (AvgIpc) is 3.20. The third-order valence-electron chi connectivity index (χ3n) is 5.16. The quantitative estimate of drug-likeness (QED) is 0.650. The second-order valence-corrected chi connectivity index (χ2v) is 9.67. The van der Waals surface area contributed by atoms with Crippen molar-refractivity contribution in [1.82, 2.24) is 0 Å². The van der Waals surface area contributed by atoms with E-state index < -0.39 is 15.3 Å². The van der Waals surface area contributed by atoms with E-state index in [0.29, 0.717) is 5.57 Å². The summed E-state index contributed by atoms with van der Waals surface area (Å²) in [6, 6.07) is 18.5. The zero-order chi connectivity index (χ0) is 19.2. The van der Waals surface area contributed by atoms with Crippen molar-refractivity contribution >= 4 is 38.1 Å². The molecule has 1 unspecified atom stereocenters. The summed E-state index contributed by atoms with van der Waals surface area (Å²) in [5.74, 6) is 0.0619. The van der Waals surface area contributed by atoms with Gasteiger partial charge in [0.15, 0.2) is 15.6 Å². The van der Waals surface area contributed by atoms with Crippen LogP contribution in [0, 0.1) is 0 Å². The Morgan fingerprint density at radius 3 is 2.11 bits per heavy atom. The van der Waals surface area contributed by atoms with E-state index in [0.717, 1.165) is 22.3 Å². The molecule has 27 heavy (non-hydrogen) atoms. The number of sulfone groups is 1. The Labute approximate surface area is 162 Å². The molecule has 0 spiro atoms. The number of thiophene rings is 1. The second-order valence-electron chi connectivity index (χ2n) is 6.88. The lowest BCUT2D eigenvalue weighted by Gasteiger charge is -2.42. The average molecular weight is 395 g/mol. The third-order valence-corrected chi connectivity index (χ3v) is 6.98. The molecule has 1 aliphatic carbocycles. The number of hydrogen-bond acceptors (Lipinski definition) is 4. The molecule has 1 aromatic heterocycles. The number of Topliss-reactive ketones (excluding diaryl/α,β-unsaturated/α-hetero) is 1. The van der Waals surface area contributed by atoms with Crippen molar-refractivity contribution in [2.75, 3.05) is 6.26 Å². The van der Waals surface area contributed by atoms with Crippen molar-refractivity contribution in [3.63, 3.8) is 0 Å². The molecule has 3 nitrogen and oxygen atoms in total. The predicted molar refractivity (Wildman–Crippen MR) is 109 cm³/mol. The Bertz CT molecular complexity index is 1140. The van der Waals surface area contributed by atoms with E-state index in [1.54, 1.807) is 35.6 Å². The Hall–Kier alpha value is -2.50. The number of hydrogen-bond donors (Lipinski definition) is 0. The molecule has 0 fully saturated rings. The highest BCUT2D eigenvalue weighted by Crippen LogP contribution is 2.54. The van der Waals surface area contributed by atoms with Gasteiger partial charge in [0.05, 0.1) is 10.3 Å². The third kappa shape index (κ3) is 2.78. The first-order chi connectivity index (χ1) is 12.8. The molecule has 0 N–H and O–H groups in total. The maximum Gasteiger partial charge on any atom is 0.178 e. The lowest BCUT2D eigenvalue weighted by atomic mass is 9.57. The van der Waals surface area contributed by atoms with Gasteiger partial charge in [0.25, 0.3) is 0 Å². The zero-order valence-electron chi connectivity index (χ0n) is 15.0. The molecule has 0 saturated heterocycles. The van der Waals surface area contributed by atoms with Crippen LogP contribution in [0.4, 0.5) is 0 Å². The van der Waals surface area contributed by atoms with Crippen LogP contribution in [0.3, 0.4) is 0 Å². The molecule has 2 aromatic carbocycles. The Balaban J connectivity index is 1.92. The normalized spacial score (nSPS) is 19.9. The van der Waals surface area contributed by atoms with Crippen molar-refractivity contribution in [3.05, 3.63) is 88.1 Å². The van der Waals surface area contributed by atoms with Crippen LogP contribution in [-0.2, 0) is 20.0 Å². The van der Waals surface area contributed by atoms with Crippen molar-refractivity contribution in [2.24, 2.45) is 0 Å². The van der Waals surface area contributed by atoms with Crippen molar-refractivity contribution in [2.45, 2.75) is 17.2 Å². The van der Waals surface area contributed by atoms with Crippen LogP contribution in [0.15, 0.2) is 76.3 Å². The largest absolute Gasteiger partial charge is 0.293 e. The highest BCUT2D eigenvalue weighted by molar-refractivity contribution is 7.90. The molecule has 0 bridgehead atoms. The van der Waals surface area contributed by atoms with Gasteiger partial charge in [-0.15, -0.1) is 0 Å². The van der Waals surface area contributed by atoms with Gasteiger partial charge in [-0.1, -0.05) is 42.5 Å². The number of carbonyl (C=O) groups excluding carboxylic acids is 1. The molecule has 5 heteroatoms. The molecule has 1 heterocycles. The first-order valence-corrected chi connectivity index (χ1v) is 11.3. The van der Waals surface area contributed by atoms with Crippen LogP contribution < -0.4 is 0 Å². The summed E-state index contributed by atoms with van der Waals surface area (Å²) < 4.78 is 23.5. The van der Waals surface area contributed by atoms with Crippen LogP contribution in [0.2, 0.25) is 0 Å². The molecule has 1 aliphatic rings. The second kappa shape index (κ2) is 6.29. The van der Waals surface area contributed by atoms with Gasteiger partial charge in [-0.2, -0.15) is 11.3 Å². The zero-order valence-corrected chi connectivity index (χ0v) is 16.6. The Kier molecular flexibility index (Phi) is 4.17. The number of ketones is 1. The SMILES string of the molecule is CC1(c2ccsc2)C(=O)C(c2ccc(S(C)(=O)=O)cc2)=C1c1ccccc1. The molecular weight excluding hydrogens is 376 g/mol. The summed E-state index contributed by atoms with van der Waals surface area (Å²) in [4.78, 5) is 13.5.